The Morgan fingerprint density at radius 1 is 1.20 bits per heavy atom. The Labute approximate surface area is 147 Å². The highest BCUT2D eigenvalue weighted by Gasteiger charge is 2.24. The number of ether oxygens (including phenoxy) is 2. The Morgan fingerprint density at radius 2 is 1.72 bits per heavy atom. The smallest absolute Gasteiger partial charge is 0.333 e. The van der Waals surface area contributed by atoms with Gasteiger partial charge < -0.3 is 14.0 Å². The third-order valence-electron chi connectivity index (χ3n) is 3.95. The zero-order chi connectivity index (χ0) is 17.8. The predicted octanol–water partition coefficient (Wildman–Crippen LogP) is 4.40. The predicted molar refractivity (Wildman–Crippen MR) is 101 cm³/mol. The van der Waals surface area contributed by atoms with Crippen LogP contribution in [0.3, 0.4) is 0 Å². The zero-order valence-corrected chi connectivity index (χ0v) is 14.3. The fourth-order valence-electron chi connectivity index (χ4n) is 2.61. The fourth-order valence-corrected chi connectivity index (χ4v) is 2.61. The molecular weight excluding hydrogens is 314 g/mol. The van der Waals surface area contributed by atoms with Crippen molar-refractivity contribution < 1.29 is 14.3 Å². The molecule has 25 heavy (non-hydrogen) atoms. The van der Waals surface area contributed by atoms with Gasteiger partial charge in [-0.3, -0.25) is 0 Å². The number of rotatable bonds is 4. The van der Waals surface area contributed by atoms with E-state index in [1.54, 1.807) is 6.92 Å². The highest BCUT2D eigenvalue weighted by Crippen LogP contribution is 2.28. The number of nitrogens with zero attached hydrogens (tertiary/aromatic N) is 1. The molecule has 0 amide bonds. The highest BCUT2D eigenvalue weighted by atomic mass is 16.6. The SMILES string of the molecule is C=C(C)C(=O)OCC1CO1.C=Cn1c2ccccc2c2ccccc21. The summed E-state index contributed by atoms with van der Waals surface area (Å²) in [5.41, 5.74) is 2.86. The quantitative estimate of drug-likeness (QED) is 0.403. The van der Waals surface area contributed by atoms with Crippen molar-refractivity contribution in [2.45, 2.75) is 13.0 Å². The molecule has 0 spiro atoms. The summed E-state index contributed by atoms with van der Waals surface area (Å²) in [6.45, 7) is 10.0. The molecule has 0 radical (unpaired) electrons. The molecule has 128 valence electrons. The number of carbonyl (C=O) groups is 1. The Hall–Kier alpha value is -2.85. The summed E-state index contributed by atoms with van der Waals surface area (Å²) in [4.78, 5) is 10.7. The van der Waals surface area contributed by atoms with Gasteiger partial charge in [0, 0.05) is 22.5 Å². The Morgan fingerprint density at radius 3 is 2.16 bits per heavy atom. The van der Waals surface area contributed by atoms with Crippen LogP contribution in [0.25, 0.3) is 28.0 Å². The maximum Gasteiger partial charge on any atom is 0.333 e. The minimum atomic E-state index is -0.337. The minimum absolute atomic E-state index is 0.142. The van der Waals surface area contributed by atoms with E-state index in [1.807, 2.05) is 6.20 Å². The van der Waals surface area contributed by atoms with Crippen LogP contribution in [0.15, 0.2) is 67.3 Å². The summed E-state index contributed by atoms with van der Waals surface area (Å²) in [6, 6.07) is 16.8. The molecule has 4 nitrogen and oxygen atoms in total. The first-order valence-electron chi connectivity index (χ1n) is 8.16. The van der Waals surface area contributed by atoms with E-state index in [2.05, 4.69) is 66.3 Å². The van der Waals surface area contributed by atoms with Gasteiger partial charge >= 0.3 is 5.97 Å². The maximum absolute atomic E-state index is 10.7. The first-order chi connectivity index (χ1) is 12.1. The summed E-state index contributed by atoms with van der Waals surface area (Å²) < 4.78 is 11.7. The van der Waals surface area contributed by atoms with Gasteiger partial charge in [0.15, 0.2) is 0 Å². The standard InChI is InChI=1S/C14H11N.C7H10O3/c1-2-15-13-9-5-3-7-11(13)12-8-4-6-10-14(12)15;1-5(2)7(8)10-4-6-3-9-6/h2-10H,1H2;6H,1,3-4H2,2H3. The molecule has 3 aromatic rings. The Balaban J connectivity index is 0.000000160. The van der Waals surface area contributed by atoms with E-state index in [0.29, 0.717) is 18.8 Å². The number of aromatic nitrogens is 1. The van der Waals surface area contributed by atoms with E-state index in [4.69, 9.17) is 9.47 Å². The number of carbonyl (C=O) groups excluding carboxylic acids is 1. The maximum atomic E-state index is 10.7. The van der Waals surface area contributed by atoms with Crippen LogP contribution in [-0.2, 0) is 14.3 Å². The average Bonchev–Trinajstić information content (AvgIpc) is 3.41. The molecule has 4 heteroatoms. The lowest BCUT2D eigenvalue weighted by molar-refractivity contribution is -0.139. The summed E-state index contributed by atoms with van der Waals surface area (Å²) in [5.74, 6) is -0.337. The van der Waals surface area contributed by atoms with Crippen LogP contribution in [0, 0.1) is 0 Å². The molecular formula is C21H21NO3. The molecule has 1 fully saturated rings. The van der Waals surface area contributed by atoms with E-state index in [0.717, 1.165) is 0 Å². The number of para-hydroxylation sites is 2. The molecule has 0 bridgehead atoms. The van der Waals surface area contributed by atoms with Gasteiger partial charge in [0.05, 0.1) is 17.6 Å². The first kappa shape index (κ1) is 17.0. The monoisotopic (exact) mass is 335 g/mol. The van der Waals surface area contributed by atoms with Gasteiger partial charge in [-0.2, -0.15) is 0 Å². The lowest BCUT2D eigenvalue weighted by Crippen LogP contribution is -2.09. The van der Waals surface area contributed by atoms with Crippen LogP contribution in [-0.4, -0.2) is 29.9 Å². The molecule has 1 saturated heterocycles. The second kappa shape index (κ2) is 7.36. The van der Waals surface area contributed by atoms with Crippen molar-refractivity contribution in [2.24, 2.45) is 0 Å². The first-order valence-corrected chi connectivity index (χ1v) is 8.16. The highest BCUT2D eigenvalue weighted by molar-refractivity contribution is 6.09. The minimum Gasteiger partial charge on any atom is -0.459 e. The number of esters is 1. The van der Waals surface area contributed by atoms with Crippen molar-refractivity contribution in [2.75, 3.05) is 13.2 Å². The number of hydrogen-bond donors (Lipinski definition) is 0. The van der Waals surface area contributed by atoms with Crippen LogP contribution < -0.4 is 0 Å². The Bertz CT molecular complexity index is 881. The zero-order valence-electron chi connectivity index (χ0n) is 14.3. The third kappa shape index (κ3) is 3.80. The van der Waals surface area contributed by atoms with E-state index >= 15 is 0 Å². The van der Waals surface area contributed by atoms with Crippen LogP contribution in [0.4, 0.5) is 0 Å². The van der Waals surface area contributed by atoms with Crippen molar-refractivity contribution in [1.29, 1.82) is 0 Å². The van der Waals surface area contributed by atoms with Crippen LogP contribution in [0.2, 0.25) is 0 Å². The number of benzene rings is 2. The molecule has 2 heterocycles. The molecule has 1 aromatic heterocycles. The van der Waals surface area contributed by atoms with Gasteiger partial charge in [-0.1, -0.05) is 49.6 Å². The van der Waals surface area contributed by atoms with Crippen LogP contribution in [0.5, 0.6) is 0 Å². The van der Waals surface area contributed by atoms with E-state index in [-0.39, 0.29) is 12.1 Å². The van der Waals surface area contributed by atoms with E-state index < -0.39 is 0 Å². The van der Waals surface area contributed by atoms with Crippen LogP contribution in [0.1, 0.15) is 6.92 Å². The normalized spacial score (nSPS) is 15.3. The van der Waals surface area contributed by atoms with Crippen molar-refractivity contribution >= 4 is 34.0 Å². The van der Waals surface area contributed by atoms with E-state index in [9.17, 15) is 4.79 Å². The number of fused-ring (bicyclic) bond motifs is 3. The summed E-state index contributed by atoms with van der Waals surface area (Å²) in [7, 11) is 0. The average molecular weight is 335 g/mol. The van der Waals surface area contributed by atoms with Crippen molar-refractivity contribution in [3.8, 4) is 0 Å². The number of epoxide rings is 1. The van der Waals surface area contributed by atoms with Gasteiger partial charge in [0.2, 0.25) is 0 Å². The fraction of sp³-hybridized carbons (Fsp3) is 0.190. The summed E-state index contributed by atoms with van der Waals surface area (Å²) in [6.07, 6.45) is 2.01. The molecule has 1 aliphatic rings. The summed E-state index contributed by atoms with van der Waals surface area (Å²) >= 11 is 0. The second-order valence-electron chi connectivity index (χ2n) is 5.92. The molecule has 0 saturated carbocycles. The largest absolute Gasteiger partial charge is 0.459 e. The van der Waals surface area contributed by atoms with Crippen molar-refractivity contribution in [3.63, 3.8) is 0 Å². The lowest BCUT2D eigenvalue weighted by atomic mass is 10.2. The molecule has 1 unspecified atom stereocenters. The third-order valence-corrected chi connectivity index (χ3v) is 3.95. The van der Waals surface area contributed by atoms with Crippen molar-refractivity contribution in [3.05, 3.63) is 67.3 Å². The second-order valence-corrected chi connectivity index (χ2v) is 5.92. The molecule has 4 rings (SSSR count). The molecule has 0 aliphatic carbocycles. The lowest BCUT2D eigenvalue weighted by Gasteiger charge is -1.99. The van der Waals surface area contributed by atoms with Crippen molar-refractivity contribution in [1.82, 2.24) is 4.57 Å². The number of hydrogen-bond acceptors (Lipinski definition) is 3. The molecule has 0 N–H and O–H groups in total. The van der Waals surface area contributed by atoms with Gasteiger partial charge in [0.1, 0.15) is 12.7 Å². The molecule has 1 aliphatic heterocycles. The van der Waals surface area contributed by atoms with Gasteiger partial charge in [-0.05, 0) is 19.1 Å². The van der Waals surface area contributed by atoms with E-state index in [1.165, 1.54) is 21.8 Å². The molecule has 2 aromatic carbocycles. The topological polar surface area (TPSA) is 43.8 Å². The van der Waals surface area contributed by atoms with Gasteiger partial charge in [0.25, 0.3) is 0 Å². The van der Waals surface area contributed by atoms with Crippen LogP contribution >= 0.6 is 0 Å². The summed E-state index contributed by atoms with van der Waals surface area (Å²) in [5, 5.41) is 2.57. The van der Waals surface area contributed by atoms with Gasteiger partial charge in [-0.15, -0.1) is 0 Å². The van der Waals surface area contributed by atoms with Gasteiger partial charge in [-0.25, -0.2) is 4.79 Å². The molecule has 1 atom stereocenters. The Kier molecular flexibility index (Phi) is 5.00.